The molecular formula is C15H15N5O5S. The summed E-state index contributed by atoms with van der Waals surface area (Å²) < 4.78 is 38.6. The summed E-state index contributed by atoms with van der Waals surface area (Å²) >= 11 is 0. The van der Waals surface area contributed by atoms with Gasteiger partial charge in [0.05, 0.1) is 26.0 Å². The van der Waals surface area contributed by atoms with E-state index in [1.165, 1.54) is 43.1 Å². The highest BCUT2D eigenvalue weighted by atomic mass is 32.2. The summed E-state index contributed by atoms with van der Waals surface area (Å²) in [7, 11) is -1.46. The van der Waals surface area contributed by atoms with E-state index in [1.807, 2.05) is 4.72 Å². The Bertz CT molecular complexity index is 1090. The highest BCUT2D eigenvalue weighted by Gasteiger charge is 2.25. The number of methoxy groups -OCH3 is 2. The molecule has 136 valence electrons. The lowest BCUT2D eigenvalue weighted by Gasteiger charge is -2.11. The van der Waals surface area contributed by atoms with E-state index in [0.29, 0.717) is 5.75 Å². The van der Waals surface area contributed by atoms with Crippen LogP contribution in [0.25, 0.3) is 5.65 Å². The van der Waals surface area contributed by atoms with Gasteiger partial charge < -0.3 is 15.2 Å². The predicted molar refractivity (Wildman–Crippen MR) is 91.6 cm³/mol. The second-order valence-electron chi connectivity index (χ2n) is 5.13. The molecule has 2 aromatic heterocycles. The number of nitrogens with one attached hydrogen (secondary N) is 1. The van der Waals surface area contributed by atoms with Crippen molar-refractivity contribution in [3.05, 3.63) is 42.2 Å². The number of carbonyl (C=O) groups excluding carboxylic acids is 1. The van der Waals surface area contributed by atoms with E-state index in [0.717, 1.165) is 6.20 Å². The van der Waals surface area contributed by atoms with Gasteiger partial charge in [0.1, 0.15) is 17.3 Å². The Kier molecular flexibility index (Phi) is 4.38. The molecule has 0 atom stereocenters. The van der Waals surface area contributed by atoms with Crippen molar-refractivity contribution in [2.75, 3.05) is 20.0 Å². The Balaban J connectivity index is 1.99. The average molecular weight is 377 g/mol. The van der Waals surface area contributed by atoms with Gasteiger partial charge in [-0.15, -0.1) is 0 Å². The van der Waals surface area contributed by atoms with E-state index in [1.54, 1.807) is 6.07 Å². The normalized spacial score (nSPS) is 11.3. The summed E-state index contributed by atoms with van der Waals surface area (Å²) in [6, 6.07) is 5.92. The predicted octanol–water partition coefficient (Wildman–Crippen LogP) is 0.447. The van der Waals surface area contributed by atoms with Crippen LogP contribution in [0.5, 0.6) is 11.5 Å². The zero-order valence-corrected chi connectivity index (χ0v) is 14.6. The Hall–Kier alpha value is -3.34. The zero-order valence-electron chi connectivity index (χ0n) is 13.8. The minimum atomic E-state index is -4.25. The molecule has 3 rings (SSSR count). The average Bonchev–Trinajstić information content (AvgIpc) is 3.04. The zero-order chi connectivity index (χ0) is 18.9. The minimum Gasteiger partial charge on any atom is -0.497 e. The molecule has 1 amide bonds. The van der Waals surface area contributed by atoms with Gasteiger partial charge in [0.25, 0.3) is 15.9 Å². The van der Waals surface area contributed by atoms with Crippen molar-refractivity contribution < 1.29 is 22.7 Å². The first-order valence-corrected chi connectivity index (χ1v) is 8.73. The number of benzene rings is 1. The fourth-order valence-electron chi connectivity index (χ4n) is 2.27. The number of fused-ring (bicyclic) bond motifs is 1. The number of anilines is 1. The van der Waals surface area contributed by atoms with Gasteiger partial charge in [0, 0.05) is 6.20 Å². The molecule has 0 bridgehead atoms. The molecule has 0 aliphatic heterocycles. The van der Waals surface area contributed by atoms with Gasteiger partial charge in [-0.2, -0.15) is 5.10 Å². The van der Waals surface area contributed by atoms with Crippen molar-refractivity contribution in [2.24, 2.45) is 0 Å². The Labute approximate surface area is 148 Å². The fourth-order valence-corrected chi connectivity index (χ4v) is 3.30. The maximum Gasteiger partial charge on any atom is 0.269 e. The maximum atomic E-state index is 12.6. The summed E-state index contributed by atoms with van der Waals surface area (Å²) in [5.41, 5.74) is 5.59. The number of nitrogens with zero attached hydrogens (tertiary/aromatic N) is 3. The van der Waals surface area contributed by atoms with Crippen LogP contribution in [0.2, 0.25) is 0 Å². The summed E-state index contributed by atoms with van der Waals surface area (Å²) in [6.07, 6.45) is 2.55. The highest BCUT2D eigenvalue weighted by molar-refractivity contribution is 7.90. The third-order valence-corrected chi connectivity index (χ3v) is 4.85. The monoisotopic (exact) mass is 377 g/mol. The topological polar surface area (TPSA) is 138 Å². The lowest BCUT2D eigenvalue weighted by atomic mass is 10.2. The highest BCUT2D eigenvalue weighted by Crippen LogP contribution is 2.24. The largest absolute Gasteiger partial charge is 0.497 e. The smallest absolute Gasteiger partial charge is 0.269 e. The van der Waals surface area contributed by atoms with E-state index in [-0.39, 0.29) is 27.7 Å². The van der Waals surface area contributed by atoms with Crippen LogP contribution < -0.4 is 19.9 Å². The maximum absolute atomic E-state index is 12.6. The molecule has 0 radical (unpaired) electrons. The number of carbonyl (C=O) groups is 1. The van der Waals surface area contributed by atoms with Crippen LogP contribution in [-0.4, -0.2) is 43.1 Å². The molecule has 26 heavy (non-hydrogen) atoms. The molecule has 0 aliphatic carbocycles. The van der Waals surface area contributed by atoms with Gasteiger partial charge in [-0.05, 0) is 24.3 Å². The molecule has 10 nitrogen and oxygen atoms in total. The number of hydrogen-bond acceptors (Lipinski definition) is 8. The van der Waals surface area contributed by atoms with Crippen LogP contribution in [0.1, 0.15) is 10.4 Å². The van der Waals surface area contributed by atoms with Crippen LogP contribution in [0.4, 0.5) is 5.82 Å². The van der Waals surface area contributed by atoms with Gasteiger partial charge in [-0.3, -0.25) is 4.79 Å². The molecule has 0 fully saturated rings. The summed E-state index contributed by atoms with van der Waals surface area (Å²) in [4.78, 5) is 16.2. The lowest BCUT2D eigenvalue weighted by Crippen LogP contribution is -2.31. The van der Waals surface area contributed by atoms with E-state index in [9.17, 15) is 13.2 Å². The first kappa shape index (κ1) is 17.5. The number of nitrogen functional groups attached to an aromatic ring is 1. The second-order valence-corrected chi connectivity index (χ2v) is 6.78. The van der Waals surface area contributed by atoms with Crippen LogP contribution in [-0.2, 0) is 10.0 Å². The van der Waals surface area contributed by atoms with Gasteiger partial charge >= 0.3 is 0 Å². The van der Waals surface area contributed by atoms with Crippen molar-refractivity contribution in [3.63, 3.8) is 0 Å². The fraction of sp³-hybridized carbons (Fsp3) is 0.133. The van der Waals surface area contributed by atoms with Crippen molar-refractivity contribution >= 4 is 27.4 Å². The van der Waals surface area contributed by atoms with Gasteiger partial charge in [-0.25, -0.2) is 22.6 Å². The second kappa shape index (κ2) is 6.52. The number of amides is 1. The Morgan fingerprint density at radius 1 is 1.23 bits per heavy atom. The first-order chi connectivity index (χ1) is 12.4. The molecule has 0 aliphatic rings. The van der Waals surface area contributed by atoms with E-state index in [2.05, 4.69) is 10.1 Å². The molecule has 0 saturated heterocycles. The number of hydrogen-bond donors (Lipinski definition) is 2. The number of ether oxygens (including phenoxy) is 2. The quantitative estimate of drug-likeness (QED) is 0.653. The molecule has 1 aromatic carbocycles. The Morgan fingerprint density at radius 2 is 2.00 bits per heavy atom. The number of nitrogens with two attached hydrogens (primary N) is 1. The SMILES string of the molecule is COc1ccc(OC)c(C(=O)NS(=O)(=O)c2cnn3ccc(N)nc23)c1. The molecule has 3 N–H and O–H groups in total. The minimum absolute atomic E-state index is 0.000581. The Morgan fingerprint density at radius 3 is 2.69 bits per heavy atom. The molecule has 11 heteroatoms. The molecule has 0 unspecified atom stereocenters. The standard InChI is InChI=1S/C15H15N5O5S/c1-24-9-3-4-11(25-2)10(7-9)15(21)19-26(22,23)12-8-17-20-6-5-13(16)18-14(12)20/h3-8H,1-2H3,(H2,16,18)(H,19,21). The van der Waals surface area contributed by atoms with Crippen molar-refractivity contribution in [1.29, 1.82) is 0 Å². The van der Waals surface area contributed by atoms with Gasteiger partial charge in [0.15, 0.2) is 10.5 Å². The molecule has 0 saturated carbocycles. The lowest BCUT2D eigenvalue weighted by molar-refractivity contribution is 0.0978. The van der Waals surface area contributed by atoms with Crippen LogP contribution in [0, 0.1) is 0 Å². The van der Waals surface area contributed by atoms with Gasteiger partial charge in [0.2, 0.25) is 0 Å². The van der Waals surface area contributed by atoms with Crippen LogP contribution in [0.15, 0.2) is 41.6 Å². The third-order valence-electron chi connectivity index (χ3n) is 3.53. The van der Waals surface area contributed by atoms with Crippen LogP contribution >= 0.6 is 0 Å². The van der Waals surface area contributed by atoms with Gasteiger partial charge in [-0.1, -0.05) is 0 Å². The first-order valence-electron chi connectivity index (χ1n) is 7.25. The van der Waals surface area contributed by atoms with Crippen molar-refractivity contribution in [3.8, 4) is 11.5 Å². The molecule has 3 aromatic rings. The molecular weight excluding hydrogens is 362 g/mol. The molecule has 2 heterocycles. The van der Waals surface area contributed by atoms with Crippen molar-refractivity contribution in [1.82, 2.24) is 19.3 Å². The van der Waals surface area contributed by atoms with E-state index in [4.69, 9.17) is 15.2 Å². The van der Waals surface area contributed by atoms with Crippen LogP contribution in [0.3, 0.4) is 0 Å². The summed E-state index contributed by atoms with van der Waals surface area (Å²) in [5.74, 6) is -0.196. The number of sulfonamides is 1. The third kappa shape index (κ3) is 3.11. The van der Waals surface area contributed by atoms with E-state index < -0.39 is 15.9 Å². The number of aromatic nitrogens is 3. The van der Waals surface area contributed by atoms with E-state index >= 15 is 0 Å². The summed E-state index contributed by atoms with van der Waals surface area (Å²) in [6.45, 7) is 0. The molecule has 0 spiro atoms. The van der Waals surface area contributed by atoms with Crippen molar-refractivity contribution in [2.45, 2.75) is 4.90 Å². The summed E-state index contributed by atoms with van der Waals surface area (Å²) in [5, 5.41) is 3.89. The number of rotatable bonds is 5.